The van der Waals surface area contributed by atoms with Crippen LogP contribution in [0.15, 0.2) is 48.5 Å². The molecule has 1 saturated carbocycles. The number of hydrogen-bond donors (Lipinski definition) is 3. The molecule has 0 aliphatic heterocycles. The Kier molecular flexibility index (Phi) is 4.96. The second-order valence-corrected chi connectivity index (χ2v) is 7.65. The Balaban J connectivity index is 1.36. The Morgan fingerprint density at radius 2 is 1.89 bits per heavy atom. The zero-order valence-corrected chi connectivity index (χ0v) is 16.1. The topological polar surface area (TPSA) is 96.7 Å². The van der Waals surface area contributed by atoms with Crippen LogP contribution in [-0.2, 0) is 11.3 Å². The number of carbonyl (C=O) groups excluding carboxylic acids is 1. The molecule has 0 saturated heterocycles. The Hall–Kier alpha value is -2.99. The number of carbonyl (C=O) groups is 1. The molecule has 2 atom stereocenters. The molecule has 1 aromatic heterocycles. The van der Waals surface area contributed by atoms with E-state index in [1.54, 1.807) is 0 Å². The molecule has 144 valence electrons. The third kappa shape index (κ3) is 3.82. The molecule has 1 aliphatic rings. The molecule has 1 aliphatic carbocycles. The number of nitrogens with two attached hydrogens (primary N) is 1. The van der Waals surface area contributed by atoms with Crippen LogP contribution in [0.3, 0.4) is 0 Å². The summed E-state index contributed by atoms with van der Waals surface area (Å²) in [6, 6.07) is 16.2. The van der Waals surface area contributed by atoms with Crippen LogP contribution < -0.4 is 11.1 Å². The number of anilines is 1. The van der Waals surface area contributed by atoms with E-state index in [0.717, 1.165) is 17.7 Å². The summed E-state index contributed by atoms with van der Waals surface area (Å²) in [5.74, 6) is 2.22. The van der Waals surface area contributed by atoms with Gasteiger partial charge in [0.15, 0.2) is 5.82 Å². The summed E-state index contributed by atoms with van der Waals surface area (Å²) in [6.07, 6.45) is 0.907. The number of hydrogen-bond acceptors (Lipinski definition) is 4. The molecule has 1 heterocycles. The van der Waals surface area contributed by atoms with Crippen LogP contribution in [-0.4, -0.2) is 21.1 Å². The van der Waals surface area contributed by atoms with Gasteiger partial charge in [-0.1, -0.05) is 38.1 Å². The van der Waals surface area contributed by atoms with E-state index in [1.807, 2.05) is 24.3 Å². The highest BCUT2D eigenvalue weighted by atomic mass is 16.2. The minimum atomic E-state index is 0.0460. The van der Waals surface area contributed by atoms with Crippen LogP contribution in [0, 0.1) is 5.92 Å². The zero-order chi connectivity index (χ0) is 19.7. The van der Waals surface area contributed by atoms with E-state index in [-0.39, 0.29) is 11.8 Å². The summed E-state index contributed by atoms with van der Waals surface area (Å²) >= 11 is 0. The summed E-state index contributed by atoms with van der Waals surface area (Å²) in [4.78, 5) is 16.9. The van der Waals surface area contributed by atoms with Gasteiger partial charge in [0.1, 0.15) is 5.82 Å². The molecule has 4 N–H and O–H groups in total. The van der Waals surface area contributed by atoms with E-state index >= 15 is 0 Å². The lowest BCUT2D eigenvalue weighted by atomic mass is 10.00. The first-order chi connectivity index (χ1) is 13.5. The Morgan fingerprint density at radius 3 is 2.50 bits per heavy atom. The highest BCUT2D eigenvalue weighted by Gasteiger charge is 2.43. The van der Waals surface area contributed by atoms with Crippen LogP contribution in [0.25, 0.3) is 11.4 Å². The van der Waals surface area contributed by atoms with Crippen molar-refractivity contribution in [1.29, 1.82) is 0 Å². The monoisotopic (exact) mass is 375 g/mol. The molecule has 6 heteroatoms. The van der Waals surface area contributed by atoms with Gasteiger partial charge in [-0.2, -0.15) is 5.10 Å². The van der Waals surface area contributed by atoms with Gasteiger partial charge in [-0.3, -0.25) is 9.89 Å². The van der Waals surface area contributed by atoms with Crippen LogP contribution in [0.5, 0.6) is 0 Å². The molecule has 3 aromatic rings. The maximum atomic E-state index is 12.6. The lowest BCUT2D eigenvalue weighted by Gasteiger charge is -2.08. The first kappa shape index (κ1) is 18.4. The number of nitrogens with zero attached hydrogens (tertiary/aromatic N) is 2. The van der Waals surface area contributed by atoms with Crippen molar-refractivity contribution < 1.29 is 4.79 Å². The SMILES string of the molecule is CC(C)c1ccc(C2CC2C(=O)Nc2ccc(-c3n[nH]c(CN)n3)cc2)cc1. The fourth-order valence-corrected chi connectivity index (χ4v) is 3.43. The molecule has 4 rings (SSSR count). The van der Waals surface area contributed by atoms with Gasteiger partial charge in [-0.25, -0.2) is 4.98 Å². The molecular formula is C22H25N5O. The van der Waals surface area contributed by atoms with Gasteiger partial charge >= 0.3 is 0 Å². The standard InChI is InChI=1S/C22H25N5O/c1-13(2)14-3-5-15(6-4-14)18-11-19(18)22(28)24-17-9-7-16(8-10-17)21-25-20(12-23)26-27-21/h3-10,13,18-19H,11-12,23H2,1-2H3,(H,24,28)(H,25,26,27). The fourth-order valence-electron chi connectivity index (χ4n) is 3.43. The molecule has 2 unspecified atom stereocenters. The van der Waals surface area contributed by atoms with Gasteiger partial charge in [0.05, 0.1) is 6.54 Å². The Morgan fingerprint density at radius 1 is 1.18 bits per heavy atom. The van der Waals surface area contributed by atoms with Crippen molar-refractivity contribution in [2.24, 2.45) is 11.7 Å². The first-order valence-electron chi connectivity index (χ1n) is 9.67. The highest BCUT2D eigenvalue weighted by Crippen LogP contribution is 2.48. The summed E-state index contributed by atoms with van der Waals surface area (Å²) in [7, 11) is 0. The lowest BCUT2D eigenvalue weighted by molar-refractivity contribution is -0.117. The predicted molar refractivity (Wildman–Crippen MR) is 110 cm³/mol. The minimum absolute atomic E-state index is 0.0460. The second-order valence-electron chi connectivity index (χ2n) is 7.65. The maximum absolute atomic E-state index is 12.6. The molecular weight excluding hydrogens is 350 g/mol. The molecule has 0 bridgehead atoms. The van der Waals surface area contributed by atoms with Gasteiger partial charge < -0.3 is 11.1 Å². The predicted octanol–water partition coefficient (Wildman–Crippen LogP) is 3.80. The number of rotatable bonds is 6. The van der Waals surface area contributed by atoms with Crippen molar-refractivity contribution in [3.05, 3.63) is 65.5 Å². The van der Waals surface area contributed by atoms with Gasteiger partial charge in [0.25, 0.3) is 0 Å². The Bertz CT molecular complexity index is 959. The quantitative estimate of drug-likeness (QED) is 0.610. The molecule has 0 spiro atoms. The molecule has 2 aromatic carbocycles. The van der Waals surface area contributed by atoms with Crippen molar-refractivity contribution in [2.75, 3.05) is 5.32 Å². The van der Waals surface area contributed by atoms with Crippen LogP contribution >= 0.6 is 0 Å². The number of H-pyrrole nitrogens is 1. The number of aromatic amines is 1. The van der Waals surface area contributed by atoms with Gasteiger partial charge in [0.2, 0.25) is 5.91 Å². The molecule has 0 radical (unpaired) electrons. The van der Waals surface area contributed by atoms with Crippen molar-refractivity contribution >= 4 is 11.6 Å². The average molecular weight is 375 g/mol. The number of nitrogens with one attached hydrogen (secondary N) is 2. The minimum Gasteiger partial charge on any atom is -0.326 e. The van der Waals surface area contributed by atoms with Crippen molar-refractivity contribution in [3.8, 4) is 11.4 Å². The third-order valence-corrected chi connectivity index (χ3v) is 5.29. The second kappa shape index (κ2) is 7.56. The number of aromatic nitrogens is 3. The van der Waals surface area contributed by atoms with E-state index in [0.29, 0.717) is 30.0 Å². The van der Waals surface area contributed by atoms with Gasteiger partial charge in [-0.15, -0.1) is 0 Å². The van der Waals surface area contributed by atoms with E-state index < -0.39 is 0 Å². The van der Waals surface area contributed by atoms with Crippen LogP contribution in [0.4, 0.5) is 5.69 Å². The Labute approximate surface area is 164 Å². The number of benzene rings is 2. The van der Waals surface area contributed by atoms with Crippen molar-refractivity contribution in [2.45, 2.75) is 38.6 Å². The van der Waals surface area contributed by atoms with Crippen molar-refractivity contribution in [1.82, 2.24) is 15.2 Å². The number of amides is 1. The molecule has 1 fully saturated rings. The summed E-state index contributed by atoms with van der Waals surface area (Å²) < 4.78 is 0. The maximum Gasteiger partial charge on any atom is 0.228 e. The van der Waals surface area contributed by atoms with Crippen molar-refractivity contribution in [3.63, 3.8) is 0 Å². The normalized spacial score (nSPS) is 18.3. The molecule has 6 nitrogen and oxygen atoms in total. The summed E-state index contributed by atoms with van der Waals surface area (Å²) in [6.45, 7) is 4.70. The lowest BCUT2D eigenvalue weighted by Crippen LogP contribution is -2.14. The fraction of sp³-hybridized carbons (Fsp3) is 0.318. The smallest absolute Gasteiger partial charge is 0.228 e. The molecule has 28 heavy (non-hydrogen) atoms. The van der Waals surface area contributed by atoms with E-state index in [9.17, 15) is 4.79 Å². The third-order valence-electron chi connectivity index (χ3n) is 5.29. The summed E-state index contributed by atoms with van der Waals surface area (Å²) in [5.41, 5.74) is 9.79. The van der Waals surface area contributed by atoms with E-state index in [2.05, 4.69) is 58.6 Å². The largest absolute Gasteiger partial charge is 0.326 e. The summed E-state index contributed by atoms with van der Waals surface area (Å²) in [5, 5.41) is 9.96. The van der Waals surface area contributed by atoms with E-state index in [1.165, 1.54) is 11.1 Å². The van der Waals surface area contributed by atoms with Crippen LogP contribution in [0.1, 0.15) is 49.1 Å². The highest BCUT2D eigenvalue weighted by molar-refractivity contribution is 5.95. The van der Waals surface area contributed by atoms with Gasteiger partial charge in [0, 0.05) is 17.2 Å². The van der Waals surface area contributed by atoms with Crippen LogP contribution in [0.2, 0.25) is 0 Å². The van der Waals surface area contributed by atoms with Gasteiger partial charge in [-0.05, 0) is 53.6 Å². The first-order valence-corrected chi connectivity index (χ1v) is 9.67. The molecule has 1 amide bonds. The zero-order valence-electron chi connectivity index (χ0n) is 16.1. The van der Waals surface area contributed by atoms with E-state index in [4.69, 9.17) is 5.73 Å². The average Bonchev–Trinajstić information content (AvgIpc) is 3.38.